The summed E-state index contributed by atoms with van der Waals surface area (Å²) in [6.45, 7) is 5.49. The topological polar surface area (TPSA) is 0 Å². The first-order valence-corrected chi connectivity index (χ1v) is 3.00. The van der Waals surface area contributed by atoms with E-state index in [0.717, 1.165) is 6.92 Å². The molecule has 0 heterocycles. The van der Waals surface area contributed by atoms with Gasteiger partial charge in [-0.05, 0) is 19.4 Å². The Balaban J connectivity index is 4.68. The molecule has 0 aromatic heterocycles. The smallest absolute Gasteiger partial charge is 0.161 e. The molecule has 0 aromatic rings. The largest absolute Gasteiger partial charge is 0.212 e. The predicted molar refractivity (Wildman–Crippen MR) is 38.9 cm³/mol. The standard InChI is InChI=1S/C8H9F3/c1-5(2)8(11)7(10)4-6(3)9/h4H,1H2,2-3H3/b6-4+,8-7-. The summed E-state index contributed by atoms with van der Waals surface area (Å²) in [6.07, 6.45) is 0.476. The van der Waals surface area contributed by atoms with E-state index in [1.165, 1.54) is 6.92 Å². The highest BCUT2D eigenvalue weighted by Crippen LogP contribution is 2.17. The maximum atomic E-state index is 12.5. The number of rotatable bonds is 2. The molecular weight excluding hydrogens is 153 g/mol. The molecule has 0 N–H and O–H groups in total. The molecule has 0 aromatic carbocycles. The van der Waals surface area contributed by atoms with Crippen LogP contribution in [-0.2, 0) is 0 Å². The quantitative estimate of drug-likeness (QED) is 0.544. The predicted octanol–water partition coefficient (Wildman–Crippen LogP) is 3.59. The molecule has 0 rings (SSSR count). The summed E-state index contributed by atoms with van der Waals surface area (Å²) in [6, 6.07) is 0. The Labute approximate surface area is 63.7 Å². The Morgan fingerprint density at radius 3 is 1.91 bits per heavy atom. The summed E-state index contributed by atoms with van der Waals surface area (Å²) < 4.78 is 36.9. The van der Waals surface area contributed by atoms with Crippen molar-refractivity contribution in [1.82, 2.24) is 0 Å². The second-order valence-corrected chi connectivity index (χ2v) is 2.17. The molecule has 0 nitrogen and oxygen atoms in total. The Kier molecular flexibility index (Phi) is 3.65. The fourth-order valence-corrected chi connectivity index (χ4v) is 0.442. The highest BCUT2D eigenvalue weighted by molar-refractivity contribution is 5.29. The molecule has 0 aliphatic carbocycles. The van der Waals surface area contributed by atoms with Crippen LogP contribution < -0.4 is 0 Å². The van der Waals surface area contributed by atoms with Crippen molar-refractivity contribution in [1.29, 1.82) is 0 Å². The normalized spacial score (nSPS) is 14.5. The minimum absolute atomic E-state index is 0.0556. The van der Waals surface area contributed by atoms with Crippen molar-refractivity contribution in [2.75, 3.05) is 0 Å². The lowest BCUT2D eigenvalue weighted by atomic mass is 10.2. The number of hydrogen-bond donors (Lipinski definition) is 0. The third kappa shape index (κ3) is 3.65. The van der Waals surface area contributed by atoms with Crippen LogP contribution in [-0.4, -0.2) is 0 Å². The van der Waals surface area contributed by atoms with Gasteiger partial charge in [-0.3, -0.25) is 0 Å². The van der Waals surface area contributed by atoms with Crippen LogP contribution in [0.15, 0.2) is 35.7 Å². The van der Waals surface area contributed by atoms with Crippen molar-refractivity contribution >= 4 is 0 Å². The number of allylic oxidation sites excluding steroid dienone is 5. The van der Waals surface area contributed by atoms with Gasteiger partial charge in [-0.2, -0.15) is 0 Å². The van der Waals surface area contributed by atoms with E-state index in [1.807, 2.05) is 0 Å². The summed E-state index contributed by atoms with van der Waals surface area (Å²) >= 11 is 0. The van der Waals surface area contributed by atoms with Gasteiger partial charge in [-0.25, -0.2) is 13.2 Å². The van der Waals surface area contributed by atoms with Gasteiger partial charge in [0, 0.05) is 6.08 Å². The van der Waals surface area contributed by atoms with Gasteiger partial charge in [0.1, 0.15) is 0 Å². The molecule has 0 fully saturated rings. The van der Waals surface area contributed by atoms with Crippen molar-refractivity contribution in [3.05, 3.63) is 35.7 Å². The van der Waals surface area contributed by atoms with Gasteiger partial charge in [-0.15, -0.1) is 0 Å². The Hall–Kier alpha value is -0.990. The van der Waals surface area contributed by atoms with E-state index in [4.69, 9.17) is 0 Å². The van der Waals surface area contributed by atoms with E-state index in [9.17, 15) is 13.2 Å². The van der Waals surface area contributed by atoms with Gasteiger partial charge < -0.3 is 0 Å². The SMILES string of the molecule is C=C(C)/C(F)=C(F)\C=C(/C)F. The molecular formula is C8H9F3. The second kappa shape index (κ2) is 4.01. The third-order valence-electron chi connectivity index (χ3n) is 0.910. The van der Waals surface area contributed by atoms with Gasteiger partial charge in [0.05, 0.1) is 5.83 Å². The fourth-order valence-electron chi connectivity index (χ4n) is 0.442. The first kappa shape index (κ1) is 10.0. The molecule has 0 radical (unpaired) electrons. The van der Waals surface area contributed by atoms with Crippen molar-refractivity contribution in [3.63, 3.8) is 0 Å². The Morgan fingerprint density at radius 1 is 1.18 bits per heavy atom. The van der Waals surface area contributed by atoms with Gasteiger partial charge in [-0.1, -0.05) is 6.58 Å². The molecule has 0 atom stereocenters. The Bertz CT molecular complexity index is 219. The van der Waals surface area contributed by atoms with E-state index in [1.54, 1.807) is 0 Å². The van der Waals surface area contributed by atoms with E-state index < -0.39 is 17.5 Å². The zero-order valence-electron chi connectivity index (χ0n) is 6.42. The third-order valence-corrected chi connectivity index (χ3v) is 0.910. The summed E-state index contributed by atoms with van der Waals surface area (Å²) in [5.41, 5.74) is -0.0556. The maximum Gasteiger partial charge on any atom is 0.161 e. The van der Waals surface area contributed by atoms with Crippen molar-refractivity contribution in [2.24, 2.45) is 0 Å². The van der Waals surface area contributed by atoms with Crippen LogP contribution in [0.1, 0.15) is 13.8 Å². The van der Waals surface area contributed by atoms with Crippen molar-refractivity contribution in [3.8, 4) is 0 Å². The minimum Gasteiger partial charge on any atom is -0.212 e. The lowest BCUT2D eigenvalue weighted by molar-refractivity contribution is 0.554. The average molecular weight is 162 g/mol. The van der Waals surface area contributed by atoms with Gasteiger partial charge in [0.15, 0.2) is 11.7 Å². The Morgan fingerprint density at radius 2 is 1.64 bits per heavy atom. The molecule has 0 spiro atoms. The van der Waals surface area contributed by atoms with E-state index in [2.05, 4.69) is 6.58 Å². The zero-order chi connectivity index (χ0) is 9.02. The van der Waals surface area contributed by atoms with Crippen LogP contribution in [0.4, 0.5) is 13.2 Å². The fraction of sp³-hybridized carbons (Fsp3) is 0.250. The van der Waals surface area contributed by atoms with Gasteiger partial charge in [0.2, 0.25) is 0 Å². The monoisotopic (exact) mass is 162 g/mol. The van der Waals surface area contributed by atoms with Gasteiger partial charge in [0.25, 0.3) is 0 Å². The minimum atomic E-state index is -1.22. The maximum absolute atomic E-state index is 12.5. The lowest BCUT2D eigenvalue weighted by Crippen LogP contribution is -1.79. The highest BCUT2D eigenvalue weighted by Gasteiger charge is 2.03. The van der Waals surface area contributed by atoms with E-state index in [-0.39, 0.29) is 5.57 Å². The van der Waals surface area contributed by atoms with Crippen LogP contribution >= 0.6 is 0 Å². The van der Waals surface area contributed by atoms with E-state index >= 15 is 0 Å². The van der Waals surface area contributed by atoms with Crippen LogP contribution in [0.2, 0.25) is 0 Å². The molecule has 0 unspecified atom stereocenters. The van der Waals surface area contributed by atoms with Crippen molar-refractivity contribution in [2.45, 2.75) is 13.8 Å². The first-order chi connectivity index (χ1) is 4.95. The second-order valence-electron chi connectivity index (χ2n) is 2.17. The molecule has 0 saturated carbocycles. The molecule has 0 aliphatic rings. The lowest BCUT2D eigenvalue weighted by Gasteiger charge is -1.93. The average Bonchev–Trinajstić information content (AvgIpc) is 1.84. The highest BCUT2D eigenvalue weighted by atomic mass is 19.2. The summed E-state index contributed by atoms with van der Waals surface area (Å²) in [5.74, 6) is -3.11. The first-order valence-electron chi connectivity index (χ1n) is 3.00. The number of hydrogen-bond acceptors (Lipinski definition) is 0. The molecule has 0 amide bonds. The van der Waals surface area contributed by atoms with Crippen LogP contribution in [0, 0.1) is 0 Å². The summed E-state index contributed by atoms with van der Waals surface area (Å²) in [5, 5.41) is 0. The van der Waals surface area contributed by atoms with Crippen LogP contribution in [0.3, 0.4) is 0 Å². The molecule has 3 heteroatoms. The molecule has 0 bridgehead atoms. The van der Waals surface area contributed by atoms with Crippen molar-refractivity contribution < 1.29 is 13.2 Å². The van der Waals surface area contributed by atoms with Crippen LogP contribution in [0.5, 0.6) is 0 Å². The summed E-state index contributed by atoms with van der Waals surface area (Å²) in [7, 11) is 0. The molecule has 0 saturated heterocycles. The van der Waals surface area contributed by atoms with E-state index in [0.29, 0.717) is 6.08 Å². The molecule has 62 valence electrons. The van der Waals surface area contributed by atoms with Gasteiger partial charge >= 0.3 is 0 Å². The number of halogens is 3. The van der Waals surface area contributed by atoms with Crippen LogP contribution in [0.25, 0.3) is 0 Å². The zero-order valence-corrected chi connectivity index (χ0v) is 6.42. The molecule has 11 heavy (non-hydrogen) atoms. The summed E-state index contributed by atoms with van der Waals surface area (Å²) in [4.78, 5) is 0. The molecule has 0 aliphatic heterocycles.